The highest BCUT2D eigenvalue weighted by Gasteiger charge is 2.09. The van der Waals surface area contributed by atoms with E-state index >= 15 is 0 Å². The van der Waals surface area contributed by atoms with Crippen molar-refractivity contribution in [1.82, 2.24) is 20.9 Å². The van der Waals surface area contributed by atoms with E-state index in [0.29, 0.717) is 19.4 Å². The molecule has 0 aliphatic heterocycles. The van der Waals surface area contributed by atoms with E-state index in [0.717, 1.165) is 77.9 Å². The summed E-state index contributed by atoms with van der Waals surface area (Å²) in [4.78, 5) is 27.2. The average Bonchev–Trinajstić information content (AvgIpc) is 3.15. The van der Waals surface area contributed by atoms with Gasteiger partial charge < -0.3 is 26.6 Å². The minimum absolute atomic E-state index is 0.149. The lowest BCUT2D eigenvalue weighted by Crippen LogP contribution is -2.37. The molecule has 0 aliphatic rings. The second-order valence-electron chi connectivity index (χ2n) is 15.8. The van der Waals surface area contributed by atoms with Crippen molar-refractivity contribution >= 4 is 11.8 Å². The van der Waals surface area contributed by atoms with E-state index in [2.05, 4.69) is 34.7 Å². The summed E-state index contributed by atoms with van der Waals surface area (Å²) in [7, 11) is 0. The number of nitrogens with one attached hydrogen (secondary N) is 3. The SMILES string of the molecule is CCCCCCCCCCCCCCCCNC(=O)CCNCCN(CCCCCN)CCC(=O)NCCCCCCCCCCCCCCCC. The molecule has 0 spiro atoms. The highest BCUT2D eigenvalue weighted by Crippen LogP contribution is 2.14. The molecule has 7 nitrogen and oxygen atoms in total. The van der Waals surface area contributed by atoms with Crippen molar-refractivity contribution in [2.75, 3.05) is 52.4 Å². The Morgan fingerprint density at radius 2 is 0.750 bits per heavy atom. The maximum Gasteiger partial charge on any atom is 0.221 e. The van der Waals surface area contributed by atoms with Crippen LogP contribution >= 0.6 is 0 Å². The van der Waals surface area contributed by atoms with Crippen molar-refractivity contribution in [2.45, 2.75) is 226 Å². The molecule has 2 amide bonds. The highest BCUT2D eigenvalue weighted by molar-refractivity contribution is 5.76. The molecule has 0 saturated carbocycles. The number of carbonyl (C=O) groups excluding carboxylic acids is 2. The normalized spacial score (nSPS) is 11.5. The van der Waals surface area contributed by atoms with Crippen LogP contribution in [-0.2, 0) is 9.59 Å². The molecule has 0 atom stereocenters. The standard InChI is InChI=1S/C45H93N5O2/c1-3-5-7-9-11-13-15-17-19-21-23-25-27-31-37-48-44(51)34-39-47-40-43-50(41-33-29-30-36-46)42-35-45(52)49-38-32-28-26-24-22-20-18-16-14-12-10-8-6-4-2/h47H,3-43,46H2,1-2H3,(H,48,51)(H,49,52). The molecule has 7 heteroatoms. The van der Waals surface area contributed by atoms with Gasteiger partial charge in [0.15, 0.2) is 0 Å². The molecule has 0 fully saturated rings. The Bertz CT molecular complexity index is 722. The molecule has 0 aromatic heterocycles. The fourth-order valence-corrected chi connectivity index (χ4v) is 7.09. The second kappa shape index (κ2) is 44.2. The zero-order valence-electron chi connectivity index (χ0n) is 35.3. The Balaban J connectivity index is 3.77. The summed E-state index contributed by atoms with van der Waals surface area (Å²) >= 11 is 0. The first-order chi connectivity index (χ1) is 25.6. The van der Waals surface area contributed by atoms with Gasteiger partial charge in [-0.15, -0.1) is 0 Å². The Labute approximate surface area is 325 Å². The molecule has 0 unspecified atom stereocenters. The van der Waals surface area contributed by atoms with Gasteiger partial charge in [0, 0.05) is 52.1 Å². The van der Waals surface area contributed by atoms with Gasteiger partial charge in [-0.05, 0) is 38.8 Å². The maximum atomic E-state index is 12.5. The number of hydrogen-bond donors (Lipinski definition) is 4. The lowest BCUT2D eigenvalue weighted by Gasteiger charge is -2.22. The molecule has 0 aliphatic carbocycles. The summed E-state index contributed by atoms with van der Waals surface area (Å²) in [5.41, 5.74) is 5.69. The zero-order valence-corrected chi connectivity index (χ0v) is 35.3. The molecule has 5 N–H and O–H groups in total. The molecule has 0 heterocycles. The second-order valence-corrected chi connectivity index (χ2v) is 15.8. The van der Waals surface area contributed by atoms with Crippen molar-refractivity contribution in [3.63, 3.8) is 0 Å². The molecule has 0 aromatic rings. The summed E-state index contributed by atoms with van der Waals surface area (Å²) in [5.74, 6) is 0.321. The van der Waals surface area contributed by atoms with Gasteiger partial charge in [-0.25, -0.2) is 0 Å². The molecule has 0 bridgehead atoms. The van der Waals surface area contributed by atoms with E-state index in [-0.39, 0.29) is 11.8 Å². The molecule has 0 aromatic carbocycles. The lowest BCUT2D eigenvalue weighted by molar-refractivity contribution is -0.122. The first kappa shape index (κ1) is 50.8. The van der Waals surface area contributed by atoms with Crippen molar-refractivity contribution in [3.8, 4) is 0 Å². The summed E-state index contributed by atoms with van der Waals surface area (Å²) in [6.07, 6.45) is 42.3. The molecular formula is C45H93N5O2. The predicted molar refractivity (Wildman–Crippen MR) is 228 cm³/mol. The summed E-state index contributed by atoms with van der Waals surface area (Å²) in [6.45, 7) is 11.1. The van der Waals surface area contributed by atoms with Gasteiger partial charge in [-0.3, -0.25) is 9.59 Å². The average molecular weight is 736 g/mol. The number of carbonyl (C=O) groups is 2. The van der Waals surface area contributed by atoms with E-state index < -0.39 is 0 Å². The Hall–Kier alpha value is -1.18. The van der Waals surface area contributed by atoms with Crippen LogP contribution in [0, 0.1) is 0 Å². The minimum atomic E-state index is 0.149. The van der Waals surface area contributed by atoms with E-state index in [1.165, 1.54) is 167 Å². The monoisotopic (exact) mass is 736 g/mol. The molecular weight excluding hydrogens is 643 g/mol. The number of nitrogens with two attached hydrogens (primary N) is 1. The molecule has 52 heavy (non-hydrogen) atoms. The number of nitrogens with zero attached hydrogens (tertiary/aromatic N) is 1. The number of unbranched alkanes of at least 4 members (excludes halogenated alkanes) is 28. The fraction of sp³-hybridized carbons (Fsp3) is 0.956. The molecule has 0 rings (SSSR count). The van der Waals surface area contributed by atoms with E-state index in [4.69, 9.17) is 5.73 Å². The largest absolute Gasteiger partial charge is 0.356 e. The number of rotatable bonds is 44. The van der Waals surface area contributed by atoms with Crippen LogP contribution in [0.15, 0.2) is 0 Å². The van der Waals surface area contributed by atoms with Gasteiger partial charge >= 0.3 is 0 Å². The van der Waals surface area contributed by atoms with Crippen molar-refractivity contribution in [2.24, 2.45) is 5.73 Å². The van der Waals surface area contributed by atoms with Crippen LogP contribution in [0.5, 0.6) is 0 Å². The number of amides is 2. The van der Waals surface area contributed by atoms with Gasteiger partial charge in [0.2, 0.25) is 11.8 Å². The van der Waals surface area contributed by atoms with Gasteiger partial charge in [-0.1, -0.05) is 187 Å². The van der Waals surface area contributed by atoms with E-state index in [1.54, 1.807) is 0 Å². The zero-order chi connectivity index (χ0) is 37.8. The van der Waals surface area contributed by atoms with Gasteiger partial charge in [-0.2, -0.15) is 0 Å². The van der Waals surface area contributed by atoms with Crippen LogP contribution in [-0.4, -0.2) is 69.1 Å². The topological polar surface area (TPSA) is 99.5 Å². The smallest absolute Gasteiger partial charge is 0.221 e. The van der Waals surface area contributed by atoms with Crippen LogP contribution in [0.1, 0.15) is 226 Å². The minimum Gasteiger partial charge on any atom is -0.356 e. The van der Waals surface area contributed by atoms with Crippen LogP contribution in [0.3, 0.4) is 0 Å². The van der Waals surface area contributed by atoms with Gasteiger partial charge in [0.25, 0.3) is 0 Å². The first-order valence-corrected chi connectivity index (χ1v) is 23.3. The summed E-state index contributed by atoms with van der Waals surface area (Å²) < 4.78 is 0. The fourth-order valence-electron chi connectivity index (χ4n) is 7.09. The predicted octanol–water partition coefficient (Wildman–Crippen LogP) is 11.0. The molecule has 0 radical (unpaired) electrons. The number of hydrogen-bond acceptors (Lipinski definition) is 5. The first-order valence-electron chi connectivity index (χ1n) is 23.3. The van der Waals surface area contributed by atoms with Gasteiger partial charge in [0.1, 0.15) is 0 Å². The summed E-state index contributed by atoms with van der Waals surface area (Å²) in [5, 5.41) is 9.70. The van der Waals surface area contributed by atoms with Crippen molar-refractivity contribution < 1.29 is 9.59 Å². The summed E-state index contributed by atoms with van der Waals surface area (Å²) in [6, 6.07) is 0. The third-order valence-electron chi connectivity index (χ3n) is 10.7. The quantitative estimate of drug-likeness (QED) is 0.0467. The Morgan fingerprint density at radius 1 is 0.385 bits per heavy atom. The third kappa shape index (κ3) is 41.6. The Morgan fingerprint density at radius 3 is 1.15 bits per heavy atom. The van der Waals surface area contributed by atoms with Crippen LogP contribution in [0.2, 0.25) is 0 Å². The van der Waals surface area contributed by atoms with E-state index in [1.807, 2.05) is 0 Å². The highest BCUT2D eigenvalue weighted by atomic mass is 16.2. The van der Waals surface area contributed by atoms with Crippen LogP contribution < -0.4 is 21.7 Å². The van der Waals surface area contributed by atoms with Crippen LogP contribution in [0.25, 0.3) is 0 Å². The Kier molecular flexibility index (Phi) is 43.2. The van der Waals surface area contributed by atoms with Gasteiger partial charge in [0.05, 0.1) is 0 Å². The molecule has 310 valence electrons. The van der Waals surface area contributed by atoms with Crippen molar-refractivity contribution in [3.05, 3.63) is 0 Å². The third-order valence-corrected chi connectivity index (χ3v) is 10.7. The lowest BCUT2D eigenvalue weighted by atomic mass is 10.0. The van der Waals surface area contributed by atoms with E-state index in [9.17, 15) is 9.59 Å². The van der Waals surface area contributed by atoms with Crippen molar-refractivity contribution in [1.29, 1.82) is 0 Å². The molecule has 0 saturated heterocycles. The van der Waals surface area contributed by atoms with Crippen LogP contribution in [0.4, 0.5) is 0 Å². The maximum absolute atomic E-state index is 12.5.